The van der Waals surface area contributed by atoms with Crippen LogP contribution in [-0.4, -0.2) is 31.1 Å². The molecule has 1 fully saturated rings. The van der Waals surface area contributed by atoms with E-state index in [1.165, 1.54) is 21.9 Å². The molecule has 0 bridgehead atoms. The summed E-state index contributed by atoms with van der Waals surface area (Å²) in [6, 6.07) is 2.64. The lowest BCUT2D eigenvalue weighted by Gasteiger charge is -2.41. The van der Waals surface area contributed by atoms with E-state index in [0.717, 1.165) is 24.1 Å². The second kappa shape index (κ2) is 7.43. The van der Waals surface area contributed by atoms with Crippen LogP contribution < -0.4 is 4.74 Å². The Bertz CT molecular complexity index is 774. The van der Waals surface area contributed by atoms with Crippen LogP contribution in [0.3, 0.4) is 0 Å². The van der Waals surface area contributed by atoms with E-state index in [4.69, 9.17) is 9.16 Å². The lowest BCUT2D eigenvalue weighted by Crippen LogP contribution is -2.44. The van der Waals surface area contributed by atoms with E-state index in [9.17, 15) is 0 Å². The molecular weight excluding hydrogens is 455 g/mol. The van der Waals surface area contributed by atoms with Crippen molar-refractivity contribution in [3.05, 3.63) is 22.0 Å². The monoisotopic (exact) mass is 486 g/mol. The van der Waals surface area contributed by atoms with Gasteiger partial charge >= 0.3 is 0 Å². The Labute approximate surface area is 171 Å². The number of pyridine rings is 1. The molecule has 1 aliphatic rings. The molecule has 144 valence electrons. The van der Waals surface area contributed by atoms with Crippen LogP contribution in [0.25, 0.3) is 10.9 Å². The highest BCUT2D eigenvalue weighted by molar-refractivity contribution is 14.1. The fourth-order valence-electron chi connectivity index (χ4n) is 3.62. The maximum Gasteiger partial charge on any atom is 0.223 e. The van der Waals surface area contributed by atoms with Crippen molar-refractivity contribution in [2.24, 2.45) is 0 Å². The number of nitrogens with zero attached hydrogens (tertiary/aromatic N) is 2. The molecule has 26 heavy (non-hydrogen) atoms. The zero-order valence-electron chi connectivity index (χ0n) is 16.8. The van der Waals surface area contributed by atoms with Crippen LogP contribution in [0.1, 0.15) is 52.5 Å². The summed E-state index contributed by atoms with van der Waals surface area (Å²) in [5, 5.41) is 1.41. The van der Waals surface area contributed by atoms with E-state index in [0.29, 0.717) is 12.1 Å². The molecule has 0 saturated heterocycles. The lowest BCUT2D eigenvalue weighted by molar-refractivity contribution is 0.119. The van der Waals surface area contributed by atoms with Crippen molar-refractivity contribution >= 4 is 41.8 Å². The van der Waals surface area contributed by atoms with Gasteiger partial charge in [-0.05, 0) is 72.5 Å². The quantitative estimate of drug-likeness (QED) is 0.384. The number of methoxy groups -OCH3 is 1. The second-order valence-electron chi connectivity index (χ2n) is 8.91. The van der Waals surface area contributed by atoms with Gasteiger partial charge in [0.05, 0.1) is 18.0 Å². The van der Waals surface area contributed by atoms with E-state index in [1.54, 1.807) is 7.11 Å². The third-order valence-electron chi connectivity index (χ3n) is 6.16. The van der Waals surface area contributed by atoms with Gasteiger partial charge in [-0.15, -0.1) is 0 Å². The number of rotatable bonds is 4. The van der Waals surface area contributed by atoms with Gasteiger partial charge < -0.3 is 13.7 Å². The van der Waals surface area contributed by atoms with Crippen LogP contribution in [0.5, 0.6) is 5.88 Å². The Morgan fingerprint density at radius 2 is 1.85 bits per heavy atom. The van der Waals surface area contributed by atoms with Crippen LogP contribution in [0.4, 0.5) is 0 Å². The molecule has 0 amide bonds. The van der Waals surface area contributed by atoms with Gasteiger partial charge in [-0.2, -0.15) is 0 Å². The number of fused-ring (bicyclic) bond motifs is 1. The Balaban J connectivity index is 1.74. The minimum atomic E-state index is -1.68. The standard InChI is InChI=1S/C20H31IN2O2Si/c1-20(2,3)26(5,6)25-15-9-7-14(8-10-15)23-13-16(21)18-17(23)11-12-22-19(18)24-4/h11-15H,7-10H2,1-6H3/t14-,15-. The topological polar surface area (TPSA) is 36.3 Å². The Hall–Kier alpha value is -0.603. The number of aromatic nitrogens is 2. The maximum absolute atomic E-state index is 6.65. The fraction of sp³-hybridized carbons (Fsp3) is 0.650. The first-order chi connectivity index (χ1) is 12.1. The highest BCUT2D eigenvalue weighted by Gasteiger charge is 2.40. The van der Waals surface area contributed by atoms with E-state index in [1.807, 2.05) is 6.20 Å². The third kappa shape index (κ3) is 3.82. The minimum Gasteiger partial charge on any atom is -0.480 e. The van der Waals surface area contributed by atoms with E-state index in [2.05, 4.69) is 78.3 Å². The predicted octanol–water partition coefficient (Wildman–Crippen LogP) is 6.16. The molecule has 1 aliphatic carbocycles. The summed E-state index contributed by atoms with van der Waals surface area (Å²) in [7, 11) is 0.0147. The molecule has 0 unspecified atom stereocenters. The SMILES string of the molecule is COc1nccc2c1c(I)cn2[C@H]1CC[C@H](O[Si](C)(C)C(C)(C)C)CC1. The van der Waals surface area contributed by atoms with Crippen LogP contribution in [0, 0.1) is 3.57 Å². The number of hydrogen-bond acceptors (Lipinski definition) is 3. The predicted molar refractivity (Wildman–Crippen MR) is 119 cm³/mol. The third-order valence-corrected chi connectivity index (χ3v) is 11.5. The van der Waals surface area contributed by atoms with Crippen LogP contribution in [0.15, 0.2) is 18.5 Å². The van der Waals surface area contributed by atoms with Gasteiger partial charge in [0.15, 0.2) is 8.32 Å². The molecule has 3 rings (SSSR count). The summed E-state index contributed by atoms with van der Waals surface area (Å²) in [6.07, 6.45) is 9.16. The van der Waals surface area contributed by atoms with Crippen molar-refractivity contribution in [1.29, 1.82) is 0 Å². The molecule has 4 nitrogen and oxygen atoms in total. The van der Waals surface area contributed by atoms with Crippen molar-refractivity contribution < 1.29 is 9.16 Å². The van der Waals surface area contributed by atoms with Gasteiger partial charge in [0, 0.05) is 28.1 Å². The van der Waals surface area contributed by atoms with Gasteiger partial charge in [0.25, 0.3) is 0 Å². The Morgan fingerprint density at radius 1 is 1.19 bits per heavy atom. The number of hydrogen-bond donors (Lipinski definition) is 0. The molecule has 2 heterocycles. The Morgan fingerprint density at radius 3 is 2.42 bits per heavy atom. The lowest BCUT2D eigenvalue weighted by atomic mass is 9.93. The van der Waals surface area contributed by atoms with Gasteiger partial charge in [-0.3, -0.25) is 0 Å². The van der Waals surface area contributed by atoms with Gasteiger partial charge in [0.1, 0.15) is 0 Å². The normalized spacial score (nSPS) is 22.0. The van der Waals surface area contributed by atoms with Crippen molar-refractivity contribution in [2.75, 3.05) is 7.11 Å². The molecule has 0 atom stereocenters. The number of halogens is 1. The van der Waals surface area contributed by atoms with Gasteiger partial charge in [0.2, 0.25) is 5.88 Å². The van der Waals surface area contributed by atoms with Crippen molar-refractivity contribution in [3.8, 4) is 5.88 Å². The average molecular weight is 486 g/mol. The first kappa shape index (κ1) is 20.1. The van der Waals surface area contributed by atoms with Crippen molar-refractivity contribution in [1.82, 2.24) is 9.55 Å². The van der Waals surface area contributed by atoms with E-state index < -0.39 is 8.32 Å². The molecule has 6 heteroatoms. The largest absolute Gasteiger partial charge is 0.480 e. The van der Waals surface area contributed by atoms with Crippen LogP contribution in [0.2, 0.25) is 18.1 Å². The fourth-order valence-corrected chi connectivity index (χ4v) is 5.85. The first-order valence-corrected chi connectivity index (χ1v) is 13.5. The Kier molecular flexibility index (Phi) is 5.76. The van der Waals surface area contributed by atoms with Crippen molar-refractivity contribution in [3.63, 3.8) is 0 Å². The summed E-state index contributed by atoms with van der Waals surface area (Å²) in [4.78, 5) is 4.36. The summed E-state index contributed by atoms with van der Waals surface area (Å²) >= 11 is 2.39. The molecule has 0 aromatic carbocycles. The van der Waals surface area contributed by atoms with Gasteiger partial charge in [-0.25, -0.2) is 4.98 Å². The zero-order valence-corrected chi connectivity index (χ0v) is 20.0. The van der Waals surface area contributed by atoms with Crippen LogP contribution >= 0.6 is 22.6 Å². The zero-order chi connectivity index (χ0) is 19.1. The molecule has 0 N–H and O–H groups in total. The average Bonchev–Trinajstić information content (AvgIpc) is 2.91. The first-order valence-electron chi connectivity index (χ1n) is 9.51. The summed E-state index contributed by atoms with van der Waals surface area (Å²) in [5.74, 6) is 0.723. The molecule has 0 aliphatic heterocycles. The van der Waals surface area contributed by atoms with Gasteiger partial charge in [-0.1, -0.05) is 20.8 Å². The minimum absolute atomic E-state index is 0.278. The van der Waals surface area contributed by atoms with Crippen molar-refractivity contribution in [2.45, 2.75) is 76.7 Å². The molecular formula is C20H31IN2O2Si. The second-order valence-corrected chi connectivity index (χ2v) is 14.8. The summed E-state index contributed by atoms with van der Waals surface area (Å²) in [6.45, 7) is 11.7. The number of ether oxygens (including phenoxy) is 1. The molecule has 0 spiro atoms. The summed E-state index contributed by atoms with van der Waals surface area (Å²) in [5.41, 5.74) is 1.23. The van der Waals surface area contributed by atoms with Crippen LogP contribution in [-0.2, 0) is 4.43 Å². The smallest absolute Gasteiger partial charge is 0.223 e. The molecule has 0 radical (unpaired) electrons. The van der Waals surface area contributed by atoms with E-state index >= 15 is 0 Å². The summed E-state index contributed by atoms with van der Waals surface area (Å²) < 4.78 is 15.8. The van der Waals surface area contributed by atoms with E-state index in [-0.39, 0.29) is 5.04 Å². The maximum atomic E-state index is 6.65. The molecule has 2 aromatic heterocycles. The molecule has 1 saturated carbocycles. The highest BCUT2D eigenvalue weighted by atomic mass is 127. The highest BCUT2D eigenvalue weighted by Crippen LogP contribution is 2.41. The molecule has 2 aromatic rings.